The number of piperidine rings is 1. The van der Waals surface area contributed by atoms with Gasteiger partial charge in [0.2, 0.25) is 5.91 Å². The summed E-state index contributed by atoms with van der Waals surface area (Å²) in [6.45, 7) is 7.79. The zero-order chi connectivity index (χ0) is 22.3. The van der Waals surface area contributed by atoms with Crippen molar-refractivity contribution < 1.29 is 4.79 Å². The number of nitrogens with zero attached hydrogens (tertiary/aromatic N) is 4. The molecule has 0 atom stereocenters. The minimum atomic E-state index is -0.0335. The van der Waals surface area contributed by atoms with Crippen molar-refractivity contribution in [3.8, 4) is 0 Å². The van der Waals surface area contributed by atoms with Gasteiger partial charge in [-0.25, -0.2) is 0 Å². The summed E-state index contributed by atoms with van der Waals surface area (Å²) in [5.41, 5.74) is 4.32. The summed E-state index contributed by atoms with van der Waals surface area (Å²) < 4.78 is 2.17. The predicted octanol–water partition coefficient (Wildman–Crippen LogP) is 4.66. The van der Waals surface area contributed by atoms with Gasteiger partial charge in [0.1, 0.15) is 5.82 Å². The third kappa shape index (κ3) is 5.99. The van der Waals surface area contributed by atoms with Crippen molar-refractivity contribution in [1.29, 1.82) is 0 Å². The molecule has 1 aliphatic heterocycles. The fourth-order valence-corrected chi connectivity index (χ4v) is 4.81. The van der Waals surface area contributed by atoms with E-state index < -0.39 is 0 Å². The average Bonchev–Trinajstić information content (AvgIpc) is 3.16. The maximum absolute atomic E-state index is 12.6. The lowest BCUT2D eigenvalue weighted by Crippen LogP contribution is -2.30. The summed E-state index contributed by atoms with van der Waals surface area (Å²) in [7, 11) is 0. The van der Waals surface area contributed by atoms with E-state index in [-0.39, 0.29) is 5.91 Å². The molecule has 3 aromatic rings. The Morgan fingerprint density at radius 1 is 1.00 bits per heavy atom. The SMILES string of the molecule is Cc1ccc(NC(=O)CSc2nnc(CN3CCCCC3)n2Cc2ccccc2)c(C)c1. The van der Waals surface area contributed by atoms with Gasteiger partial charge in [-0.05, 0) is 57.0 Å². The highest BCUT2D eigenvalue weighted by atomic mass is 32.2. The summed E-state index contributed by atoms with van der Waals surface area (Å²) in [6, 6.07) is 16.4. The Hall–Kier alpha value is -2.64. The first kappa shape index (κ1) is 22.6. The number of carbonyl (C=O) groups is 1. The molecule has 0 aliphatic carbocycles. The van der Waals surface area contributed by atoms with Crippen LogP contribution in [-0.2, 0) is 17.9 Å². The highest BCUT2D eigenvalue weighted by Gasteiger charge is 2.19. The third-order valence-corrected chi connectivity index (χ3v) is 6.75. The van der Waals surface area contributed by atoms with Crippen molar-refractivity contribution in [2.45, 2.75) is 51.4 Å². The van der Waals surface area contributed by atoms with Crippen LogP contribution >= 0.6 is 11.8 Å². The molecule has 0 bridgehead atoms. The summed E-state index contributed by atoms with van der Waals surface area (Å²) in [5, 5.41) is 12.8. The Bertz CT molecular complexity index is 1040. The number of carbonyl (C=O) groups excluding carboxylic acids is 1. The normalized spacial score (nSPS) is 14.4. The Morgan fingerprint density at radius 3 is 2.53 bits per heavy atom. The Balaban J connectivity index is 1.46. The summed E-state index contributed by atoms with van der Waals surface area (Å²) in [5.74, 6) is 1.23. The van der Waals surface area contributed by atoms with Crippen LogP contribution in [0.3, 0.4) is 0 Å². The number of aromatic nitrogens is 3. The van der Waals surface area contributed by atoms with E-state index in [9.17, 15) is 4.79 Å². The Kier molecular flexibility index (Phi) is 7.60. The van der Waals surface area contributed by atoms with Crippen LogP contribution in [0, 0.1) is 13.8 Å². The highest BCUT2D eigenvalue weighted by Crippen LogP contribution is 2.22. The zero-order valence-electron chi connectivity index (χ0n) is 18.9. The van der Waals surface area contributed by atoms with Crippen LogP contribution in [0.25, 0.3) is 0 Å². The zero-order valence-corrected chi connectivity index (χ0v) is 19.7. The van der Waals surface area contributed by atoms with Gasteiger partial charge in [-0.1, -0.05) is 66.2 Å². The quantitative estimate of drug-likeness (QED) is 0.507. The van der Waals surface area contributed by atoms with Gasteiger partial charge < -0.3 is 9.88 Å². The van der Waals surface area contributed by atoms with Crippen LogP contribution in [0.4, 0.5) is 5.69 Å². The number of nitrogens with one attached hydrogen (secondary N) is 1. The molecule has 0 radical (unpaired) electrons. The second-order valence-corrected chi connectivity index (χ2v) is 9.41. The lowest BCUT2D eigenvalue weighted by Gasteiger charge is -2.26. The van der Waals surface area contributed by atoms with E-state index in [0.29, 0.717) is 12.3 Å². The summed E-state index contributed by atoms with van der Waals surface area (Å²) >= 11 is 1.44. The molecule has 168 valence electrons. The van der Waals surface area contributed by atoms with Gasteiger partial charge in [0.15, 0.2) is 5.16 Å². The van der Waals surface area contributed by atoms with Crippen LogP contribution in [0.1, 0.15) is 41.8 Å². The van der Waals surface area contributed by atoms with E-state index in [4.69, 9.17) is 0 Å². The van der Waals surface area contributed by atoms with Gasteiger partial charge in [0.05, 0.1) is 18.8 Å². The molecule has 1 saturated heterocycles. The summed E-state index contributed by atoms with van der Waals surface area (Å²) in [6.07, 6.45) is 3.80. The van der Waals surface area contributed by atoms with Crippen LogP contribution in [0.5, 0.6) is 0 Å². The van der Waals surface area contributed by atoms with Crippen LogP contribution in [-0.4, -0.2) is 44.4 Å². The average molecular weight is 450 g/mol. The van der Waals surface area contributed by atoms with Gasteiger partial charge in [-0.2, -0.15) is 0 Å². The van der Waals surface area contributed by atoms with Crippen molar-refractivity contribution in [3.63, 3.8) is 0 Å². The molecule has 2 aromatic carbocycles. The summed E-state index contributed by atoms with van der Waals surface area (Å²) in [4.78, 5) is 15.1. The topological polar surface area (TPSA) is 63.1 Å². The molecule has 1 aromatic heterocycles. The lowest BCUT2D eigenvalue weighted by molar-refractivity contribution is -0.113. The Morgan fingerprint density at radius 2 is 1.78 bits per heavy atom. The molecule has 1 N–H and O–H groups in total. The second-order valence-electron chi connectivity index (χ2n) is 8.46. The van der Waals surface area contributed by atoms with Crippen molar-refractivity contribution in [3.05, 3.63) is 71.0 Å². The molecule has 4 rings (SSSR count). The molecule has 0 spiro atoms. The molecule has 2 heterocycles. The molecule has 1 amide bonds. The van der Waals surface area contributed by atoms with E-state index in [1.165, 1.54) is 42.2 Å². The van der Waals surface area contributed by atoms with Gasteiger partial charge in [-0.3, -0.25) is 9.69 Å². The number of anilines is 1. The number of thioether (sulfide) groups is 1. The largest absolute Gasteiger partial charge is 0.325 e. The Labute approximate surface area is 194 Å². The lowest BCUT2D eigenvalue weighted by atomic mass is 10.1. The maximum Gasteiger partial charge on any atom is 0.234 e. The predicted molar refractivity (Wildman–Crippen MR) is 130 cm³/mol. The number of rotatable bonds is 8. The second kappa shape index (κ2) is 10.8. The van der Waals surface area contributed by atoms with Crippen molar-refractivity contribution >= 4 is 23.4 Å². The fourth-order valence-electron chi connectivity index (χ4n) is 4.06. The minimum absolute atomic E-state index is 0.0335. The first-order valence-corrected chi connectivity index (χ1v) is 12.3. The molecule has 0 unspecified atom stereocenters. The van der Waals surface area contributed by atoms with Crippen molar-refractivity contribution in [1.82, 2.24) is 19.7 Å². The molecule has 1 fully saturated rings. The van der Waals surface area contributed by atoms with E-state index in [1.807, 2.05) is 37.3 Å². The molecule has 7 heteroatoms. The maximum atomic E-state index is 12.6. The van der Waals surface area contributed by atoms with E-state index >= 15 is 0 Å². The number of aryl methyl sites for hydroxylation is 2. The molecular weight excluding hydrogens is 418 g/mol. The fraction of sp³-hybridized carbons (Fsp3) is 0.400. The van der Waals surface area contributed by atoms with Gasteiger partial charge >= 0.3 is 0 Å². The van der Waals surface area contributed by atoms with E-state index in [1.54, 1.807) is 0 Å². The van der Waals surface area contributed by atoms with Crippen molar-refractivity contribution in [2.75, 3.05) is 24.2 Å². The molecular formula is C25H31N5OS. The molecule has 0 saturated carbocycles. The smallest absolute Gasteiger partial charge is 0.234 e. The number of benzene rings is 2. The van der Waals surface area contributed by atoms with Crippen LogP contribution in [0.15, 0.2) is 53.7 Å². The van der Waals surface area contributed by atoms with Gasteiger partial charge in [-0.15, -0.1) is 10.2 Å². The molecule has 6 nitrogen and oxygen atoms in total. The standard InChI is InChI=1S/C25H31N5OS/c1-19-11-12-22(20(2)15-19)26-24(31)18-32-25-28-27-23(17-29-13-7-4-8-14-29)30(25)16-21-9-5-3-6-10-21/h3,5-6,9-12,15H,4,7-8,13-14,16-18H2,1-2H3,(H,26,31). The highest BCUT2D eigenvalue weighted by molar-refractivity contribution is 7.99. The number of hydrogen-bond acceptors (Lipinski definition) is 5. The first-order valence-electron chi connectivity index (χ1n) is 11.3. The van der Waals surface area contributed by atoms with Gasteiger partial charge in [0.25, 0.3) is 0 Å². The van der Waals surface area contributed by atoms with Crippen LogP contribution < -0.4 is 5.32 Å². The van der Waals surface area contributed by atoms with Crippen molar-refractivity contribution in [2.24, 2.45) is 0 Å². The number of amides is 1. The van der Waals surface area contributed by atoms with E-state index in [2.05, 4.69) is 50.1 Å². The first-order chi connectivity index (χ1) is 15.6. The van der Waals surface area contributed by atoms with E-state index in [0.717, 1.165) is 41.9 Å². The third-order valence-electron chi connectivity index (χ3n) is 5.78. The minimum Gasteiger partial charge on any atom is -0.325 e. The van der Waals surface area contributed by atoms with Gasteiger partial charge in [0, 0.05) is 5.69 Å². The monoisotopic (exact) mass is 449 g/mol. The number of likely N-dealkylation sites (tertiary alicyclic amines) is 1. The number of hydrogen-bond donors (Lipinski definition) is 1. The molecule has 32 heavy (non-hydrogen) atoms. The van der Waals surface area contributed by atoms with Crippen LogP contribution in [0.2, 0.25) is 0 Å². The molecule has 1 aliphatic rings.